The third kappa shape index (κ3) is 2.06. The lowest BCUT2D eigenvalue weighted by molar-refractivity contribution is 0.704. The Morgan fingerprint density at radius 1 is 1.08 bits per heavy atom. The second-order valence-electron chi connectivity index (χ2n) is 3.66. The van der Waals surface area contributed by atoms with E-state index in [-0.39, 0.29) is 0 Å². The third-order valence-electron chi connectivity index (χ3n) is 2.54. The fraction of sp³-hybridized carbons (Fsp3) is 0.636. The minimum Gasteiger partial charge on any atom is -0.238 e. The molecular weight excluding hydrogens is 160 g/mol. The van der Waals surface area contributed by atoms with Crippen molar-refractivity contribution in [1.29, 1.82) is 0 Å². The number of hydrogen-bond donors (Lipinski definition) is 0. The predicted octanol–water partition coefficient (Wildman–Crippen LogP) is 2.92. The maximum absolute atomic E-state index is 4.39. The summed E-state index contributed by atoms with van der Waals surface area (Å²) in [6, 6.07) is 0. The summed E-state index contributed by atoms with van der Waals surface area (Å²) in [4.78, 5) is 8.78. The molecule has 2 heteroatoms. The van der Waals surface area contributed by atoms with Gasteiger partial charge in [-0.05, 0) is 38.7 Å². The van der Waals surface area contributed by atoms with Gasteiger partial charge in [0.1, 0.15) is 5.82 Å². The molecule has 0 aliphatic heterocycles. The molecular formula is C11H18N2. The molecule has 1 aromatic heterocycles. The Morgan fingerprint density at radius 2 is 1.54 bits per heavy atom. The molecule has 0 radical (unpaired) electrons. The number of aryl methyl sites for hydroxylation is 3. The van der Waals surface area contributed by atoms with Crippen molar-refractivity contribution in [2.45, 2.75) is 47.0 Å². The molecule has 0 aliphatic rings. The maximum Gasteiger partial charge on any atom is 0.125 e. The number of nitrogens with zero attached hydrogens (tertiary/aromatic N) is 2. The molecule has 1 atom stereocenters. The third-order valence-corrected chi connectivity index (χ3v) is 2.54. The van der Waals surface area contributed by atoms with Crippen molar-refractivity contribution in [2.75, 3.05) is 0 Å². The summed E-state index contributed by atoms with van der Waals surface area (Å²) in [5.74, 6) is 1.45. The topological polar surface area (TPSA) is 25.8 Å². The minimum absolute atomic E-state index is 0.570. The van der Waals surface area contributed by atoms with Crippen molar-refractivity contribution < 1.29 is 0 Å². The van der Waals surface area contributed by atoms with Crippen LogP contribution in [-0.2, 0) is 0 Å². The van der Waals surface area contributed by atoms with Crippen LogP contribution in [0.1, 0.15) is 49.0 Å². The first kappa shape index (κ1) is 10.2. The summed E-state index contributed by atoms with van der Waals surface area (Å²) in [7, 11) is 0. The van der Waals surface area contributed by atoms with Gasteiger partial charge in [0.15, 0.2) is 0 Å². The van der Waals surface area contributed by atoms with Crippen LogP contribution in [-0.4, -0.2) is 9.97 Å². The smallest absolute Gasteiger partial charge is 0.125 e. The first-order valence-corrected chi connectivity index (χ1v) is 4.88. The molecule has 1 unspecified atom stereocenters. The van der Waals surface area contributed by atoms with Crippen molar-refractivity contribution in [3.8, 4) is 0 Å². The van der Waals surface area contributed by atoms with Gasteiger partial charge in [-0.25, -0.2) is 9.97 Å². The van der Waals surface area contributed by atoms with Crippen LogP contribution >= 0.6 is 0 Å². The van der Waals surface area contributed by atoms with Crippen molar-refractivity contribution in [3.05, 3.63) is 22.8 Å². The maximum atomic E-state index is 4.39. The molecule has 0 fully saturated rings. The van der Waals surface area contributed by atoms with E-state index in [1.807, 2.05) is 6.92 Å². The first-order chi connectivity index (χ1) is 6.06. The number of hydrogen-bond acceptors (Lipinski definition) is 2. The van der Waals surface area contributed by atoms with Gasteiger partial charge in [0.25, 0.3) is 0 Å². The zero-order valence-electron chi connectivity index (χ0n) is 9.18. The molecule has 1 heterocycles. The zero-order valence-corrected chi connectivity index (χ0v) is 9.18. The van der Waals surface area contributed by atoms with Gasteiger partial charge < -0.3 is 0 Å². The van der Waals surface area contributed by atoms with E-state index in [2.05, 4.69) is 37.7 Å². The van der Waals surface area contributed by atoms with Gasteiger partial charge in [0, 0.05) is 11.4 Å². The van der Waals surface area contributed by atoms with Gasteiger partial charge in [-0.15, -0.1) is 0 Å². The summed E-state index contributed by atoms with van der Waals surface area (Å²) >= 11 is 0. The van der Waals surface area contributed by atoms with E-state index in [1.165, 1.54) is 5.56 Å². The molecule has 0 saturated heterocycles. The summed E-state index contributed by atoms with van der Waals surface area (Å²) in [6.45, 7) is 10.5. The highest BCUT2D eigenvalue weighted by Crippen LogP contribution is 2.23. The van der Waals surface area contributed by atoms with Gasteiger partial charge in [0.2, 0.25) is 0 Å². The first-order valence-electron chi connectivity index (χ1n) is 4.88. The Morgan fingerprint density at radius 3 is 1.92 bits per heavy atom. The van der Waals surface area contributed by atoms with Gasteiger partial charge in [-0.2, -0.15) is 0 Å². The van der Waals surface area contributed by atoms with E-state index in [1.54, 1.807) is 0 Å². The van der Waals surface area contributed by atoms with Crippen LogP contribution in [0.4, 0.5) is 0 Å². The molecule has 0 aliphatic carbocycles. The van der Waals surface area contributed by atoms with E-state index < -0.39 is 0 Å². The lowest BCUT2D eigenvalue weighted by Crippen LogP contribution is -2.05. The van der Waals surface area contributed by atoms with Crippen LogP contribution < -0.4 is 0 Å². The Bertz CT molecular complexity index is 282. The van der Waals surface area contributed by atoms with E-state index in [0.29, 0.717) is 5.92 Å². The Labute approximate surface area is 80.4 Å². The molecule has 0 aromatic carbocycles. The van der Waals surface area contributed by atoms with Crippen LogP contribution in [0.25, 0.3) is 0 Å². The van der Waals surface area contributed by atoms with Gasteiger partial charge in [-0.3, -0.25) is 0 Å². The number of rotatable bonds is 2. The lowest BCUT2D eigenvalue weighted by atomic mass is 9.96. The van der Waals surface area contributed by atoms with E-state index in [0.717, 1.165) is 23.6 Å². The Kier molecular flexibility index (Phi) is 3.02. The normalized spacial score (nSPS) is 13.0. The highest BCUT2D eigenvalue weighted by Gasteiger charge is 2.11. The van der Waals surface area contributed by atoms with E-state index >= 15 is 0 Å². The van der Waals surface area contributed by atoms with Gasteiger partial charge >= 0.3 is 0 Å². The monoisotopic (exact) mass is 178 g/mol. The van der Waals surface area contributed by atoms with Crippen molar-refractivity contribution in [2.24, 2.45) is 0 Å². The fourth-order valence-corrected chi connectivity index (χ4v) is 1.81. The molecule has 0 N–H and O–H groups in total. The quantitative estimate of drug-likeness (QED) is 0.696. The molecule has 0 saturated carbocycles. The van der Waals surface area contributed by atoms with Gasteiger partial charge in [-0.1, -0.05) is 13.8 Å². The molecule has 0 spiro atoms. The fourth-order valence-electron chi connectivity index (χ4n) is 1.81. The average Bonchev–Trinajstić information content (AvgIpc) is 2.02. The number of aromatic nitrogens is 2. The standard InChI is InChI=1S/C11H18N2/c1-6-7(2)11-8(3)12-10(5)13-9(11)4/h7H,6H2,1-5H3. The van der Waals surface area contributed by atoms with Crippen molar-refractivity contribution in [3.63, 3.8) is 0 Å². The predicted molar refractivity (Wildman–Crippen MR) is 54.9 cm³/mol. The molecule has 0 bridgehead atoms. The summed E-state index contributed by atoms with van der Waals surface area (Å²) in [5.41, 5.74) is 3.60. The van der Waals surface area contributed by atoms with Crippen LogP contribution in [0, 0.1) is 20.8 Å². The van der Waals surface area contributed by atoms with Crippen molar-refractivity contribution >= 4 is 0 Å². The summed E-state index contributed by atoms with van der Waals surface area (Å²) < 4.78 is 0. The van der Waals surface area contributed by atoms with E-state index in [4.69, 9.17) is 0 Å². The lowest BCUT2D eigenvalue weighted by Gasteiger charge is -2.14. The van der Waals surface area contributed by atoms with E-state index in [9.17, 15) is 0 Å². The van der Waals surface area contributed by atoms with Crippen LogP contribution in [0.2, 0.25) is 0 Å². The molecule has 2 nitrogen and oxygen atoms in total. The molecule has 0 amide bonds. The van der Waals surface area contributed by atoms with Crippen molar-refractivity contribution in [1.82, 2.24) is 9.97 Å². The molecule has 1 aromatic rings. The SMILES string of the molecule is CCC(C)c1c(C)nc(C)nc1C. The highest BCUT2D eigenvalue weighted by molar-refractivity contribution is 5.27. The largest absolute Gasteiger partial charge is 0.238 e. The van der Waals surface area contributed by atoms with Crippen LogP contribution in [0.15, 0.2) is 0 Å². The Hall–Kier alpha value is -0.920. The van der Waals surface area contributed by atoms with Gasteiger partial charge in [0.05, 0.1) is 0 Å². The average molecular weight is 178 g/mol. The molecule has 72 valence electrons. The second-order valence-corrected chi connectivity index (χ2v) is 3.66. The molecule has 1 rings (SSSR count). The van der Waals surface area contributed by atoms with Crippen LogP contribution in [0.3, 0.4) is 0 Å². The highest BCUT2D eigenvalue weighted by atomic mass is 14.9. The summed E-state index contributed by atoms with van der Waals surface area (Å²) in [6.07, 6.45) is 1.15. The second kappa shape index (κ2) is 3.86. The zero-order chi connectivity index (χ0) is 10.0. The summed E-state index contributed by atoms with van der Waals surface area (Å²) in [5, 5.41) is 0. The Balaban J connectivity index is 3.20. The minimum atomic E-state index is 0.570. The molecule has 13 heavy (non-hydrogen) atoms. The van der Waals surface area contributed by atoms with Crippen LogP contribution in [0.5, 0.6) is 0 Å².